The van der Waals surface area contributed by atoms with Crippen molar-refractivity contribution in [1.82, 2.24) is 0 Å². The van der Waals surface area contributed by atoms with Crippen molar-refractivity contribution < 1.29 is 14.3 Å². The Balaban J connectivity index is 2.14. The van der Waals surface area contributed by atoms with Gasteiger partial charge in [-0.1, -0.05) is 30.4 Å². The van der Waals surface area contributed by atoms with Gasteiger partial charge in [0.15, 0.2) is 5.43 Å². The molecule has 0 fully saturated rings. The van der Waals surface area contributed by atoms with Gasteiger partial charge in [0, 0.05) is 28.3 Å². The van der Waals surface area contributed by atoms with E-state index in [1.54, 1.807) is 24.3 Å². The van der Waals surface area contributed by atoms with Crippen molar-refractivity contribution in [3.8, 4) is 22.5 Å². The van der Waals surface area contributed by atoms with Crippen LogP contribution in [0.3, 0.4) is 0 Å². The minimum absolute atomic E-state index is 0.127. The highest BCUT2D eigenvalue weighted by atomic mass is 32.1. The number of aromatic carboxylic acids is 1. The van der Waals surface area contributed by atoms with E-state index in [0.717, 1.165) is 10.9 Å². The molecular weight excluding hydrogens is 374 g/mol. The molecule has 5 nitrogen and oxygen atoms in total. The van der Waals surface area contributed by atoms with Crippen molar-refractivity contribution in [2.45, 2.75) is 6.92 Å². The summed E-state index contributed by atoms with van der Waals surface area (Å²) >= 11 is 4.79. The molecule has 0 radical (unpaired) electrons. The van der Waals surface area contributed by atoms with Gasteiger partial charge in [0.25, 0.3) is 0 Å². The number of aryl methyl sites for hydroxylation is 1. The third kappa shape index (κ3) is 3.04. The maximum absolute atomic E-state index is 12.0. The first-order chi connectivity index (χ1) is 13.5. The SMILES string of the molecule is Cc1ccc2c(-c3ccc(NC=S)cc3C(=O)O)c3ccc(=O)cc-3oc2c1. The summed E-state index contributed by atoms with van der Waals surface area (Å²) in [6, 6.07) is 15.3. The minimum atomic E-state index is -1.06. The lowest BCUT2D eigenvalue weighted by atomic mass is 9.90. The Morgan fingerprint density at radius 2 is 1.86 bits per heavy atom. The predicted octanol–water partition coefficient (Wildman–Crippen LogP) is 4.94. The van der Waals surface area contributed by atoms with Gasteiger partial charge in [0.2, 0.25) is 0 Å². The second-order valence-corrected chi connectivity index (χ2v) is 6.70. The van der Waals surface area contributed by atoms with E-state index < -0.39 is 5.97 Å². The first-order valence-corrected chi connectivity index (χ1v) is 9.00. The third-order valence-electron chi connectivity index (χ3n) is 4.59. The zero-order chi connectivity index (χ0) is 19.8. The van der Waals surface area contributed by atoms with Crippen LogP contribution in [0.25, 0.3) is 33.4 Å². The molecule has 0 unspecified atom stereocenters. The molecule has 0 atom stereocenters. The highest BCUT2D eigenvalue weighted by Crippen LogP contribution is 2.41. The number of hydrogen-bond acceptors (Lipinski definition) is 4. The molecule has 6 heteroatoms. The second-order valence-electron chi connectivity index (χ2n) is 6.46. The van der Waals surface area contributed by atoms with Crippen molar-refractivity contribution in [2.75, 3.05) is 5.32 Å². The molecule has 2 N–H and O–H groups in total. The maximum Gasteiger partial charge on any atom is 0.336 e. The highest BCUT2D eigenvalue weighted by Gasteiger charge is 2.21. The van der Waals surface area contributed by atoms with Crippen molar-refractivity contribution in [3.63, 3.8) is 0 Å². The van der Waals surface area contributed by atoms with Crippen LogP contribution < -0.4 is 10.7 Å². The number of anilines is 1. The Kier molecular flexibility index (Phi) is 4.41. The molecule has 0 bridgehead atoms. The van der Waals surface area contributed by atoms with Gasteiger partial charge >= 0.3 is 5.97 Å². The number of fused-ring (bicyclic) bond motifs is 2. The molecule has 0 spiro atoms. The monoisotopic (exact) mass is 389 g/mol. The second kappa shape index (κ2) is 6.90. The summed E-state index contributed by atoms with van der Waals surface area (Å²) < 4.78 is 5.95. The van der Waals surface area contributed by atoms with E-state index in [-0.39, 0.29) is 11.0 Å². The summed E-state index contributed by atoms with van der Waals surface area (Å²) in [4.78, 5) is 23.8. The molecule has 2 aliphatic rings. The minimum Gasteiger partial charge on any atom is -0.478 e. The smallest absolute Gasteiger partial charge is 0.336 e. The number of benzene rings is 3. The van der Waals surface area contributed by atoms with Crippen LogP contribution in [0.5, 0.6) is 0 Å². The van der Waals surface area contributed by atoms with Crippen molar-refractivity contribution in [1.29, 1.82) is 0 Å². The number of carbonyl (C=O) groups is 1. The van der Waals surface area contributed by atoms with Crippen LogP contribution in [-0.4, -0.2) is 16.6 Å². The molecule has 0 saturated heterocycles. The van der Waals surface area contributed by atoms with Crippen LogP contribution in [0, 0.1) is 6.92 Å². The normalized spacial score (nSPS) is 10.9. The lowest BCUT2D eigenvalue weighted by molar-refractivity contribution is 0.0698. The standard InChI is InChI=1S/C22H15NO4S/c1-12-2-5-16-19(8-12)27-20-10-14(24)4-7-17(20)21(16)15-6-3-13(23-11-28)9-18(15)22(25)26/h2-11H,1H3,(H,23,28)(H,25,26). The molecule has 138 valence electrons. The van der Waals surface area contributed by atoms with Gasteiger partial charge in [-0.25, -0.2) is 4.79 Å². The van der Waals surface area contributed by atoms with E-state index in [1.807, 2.05) is 25.1 Å². The number of nitrogens with one attached hydrogen (secondary N) is 1. The quantitative estimate of drug-likeness (QED) is 0.380. The summed E-state index contributed by atoms with van der Waals surface area (Å²) in [5, 5.41) is 13.4. The van der Waals surface area contributed by atoms with E-state index in [1.165, 1.54) is 17.6 Å². The summed E-state index contributed by atoms with van der Waals surface area (Å²) in [5.41, 5.74) is 5.38. The van der Waals surface area contributed by atoms with E-state index in [2.05, 4.69) is 5.32 Å². The number of rotatable bonds is 4. The number of carboxylic acid groups (broad SMARTS) is 1. The molecule has 1 aliphatic carbocycles. The maximum atomic E-state index is 12.0. The molecule has 1 aliphatic heterocycles. The number of carboxylic acids is 1. The Bertz CT molecular complexity index is 1280. The average molecular weight is 389 g/mol. The Morgan fingerprint density at radius 1 is 1.07 bits per heavy atom. The predicted molar refractivity (Wildman–Crippen MR) is 114 cm³/mol. The molecule has 1 heterocycles. The fourth-order valence-corrected chi connectivity index (χ4v) is 3.50. The van der Waals surface area contributed by atoms with E-state index >= 15 is 0 Å². The molecule has 2 aromatic rings. The van der Waals surface area contributed by atoms with E-state index in [9.17, 15) is 14.7 Å². The summed E-state index contributed by atoms with van der Waals surface area (Å²) in [7, 11) is 0. The van der Waals surface area contributed by atoms with Gasteiger partial charge in [0.05, 0.1) is 11.1 Å². The number of hydrogen-bond donors (Lipinski definition) is 2. The van der Waals surface area contributed by atoms with Crippen LogP contribution >= 0.6 is 12.2 Å². The Labute approximate surface area is 165 Å². The van der Waals surface area contributed by atoms with Crippen LogP contribution in [-0.2, 0) is 0 Å². The molecule has 4 rings (SSSR count). The molecule has 28 heavy (non-hydrogen) atoms. The third-order valence-corrected chi connectivity index (χ3v) is 4.71. The van der Waals surface area contributed by atoms with E-state index in [4.69, 9.17) is 16.6 Å². The van der Waals surface area contributed by atoms with Gasteiger partial charge in [-0.2, -0.15) is 0 Å². The first-order valence-electron chi connectivity index (χ1n) is 8.53. The zero-order valence-electron chi connectivity index (χ0n) is 14.9. The lowest BCUT2D eigenvalue weighted by Crippen LogP contribution is -2.04. The molecule has 0 amide bonds. The van der Waals surface area contributed by atoms with Gasteiger partial charge in [-0.05, 0) is 48.4 Å². The zero-order valence-corrected chi connectivity index (χ0v) is 15.7. The van der Waals surface area contributed by atoms with Gasteiger partial charge in [-0.15, -0.1) is 0 Å². The van der Waals surface area contributed by atoms with Gasteiger partial charge < -0.3 is 14.8 Å². The van der Waals surface area contributed by atoms with Crippen LogP contribution in [0.1, 0.15) is 15.9 Å². The summed E-state index contributed by atoms with van der Waals surface area (Å²) in [5.74, 6) is -0.643. The summed E-state index contributed by atoms with van der Waals surface area (Å²) in [6.07, 6.45) is 0. The Morgan fingerprint density at radius 3 is 2.61 bits per heavy atom. The van der Waals surface area contributed by atoms with Crippen LogP contribution in [0.4, 0.5) is 5.69 Å². The van der Waals surface area contributed by atoms with Crippen molar-refractivity contribution in [2.24, 2.45) is 0 Å². The fraction of sp³-hybridized carbons (Fsp3) is 0.0455. The van der Waals surface area contributed by atoms with Gasteiger partial charge in [0.1, 0.15) is 11.3 Å². The topological polar surface area (TPSA) is 79.5 Å². The number of thiocarbonyl (C=S) groups is 1. The molecular formula is C22H15NO4S. The highest BCUT2D eigenvalue weighted by molar-refractivity contribution is 7.79. The average Bonchev–Trinajstić information content (AvgIpc) is 2.66. The first kappa shape index (κ1) is 17.9. The lowest BCUT2D eigenvalue weighted by Gasteiger charge is -2.17. The van der Waals surface area contributed by atoms with Crippen LogP contribution in [0.15, 0.2) is 63.8 Å². The fourth-order valence-electron chi connectivity index (χ4n) is 3.36. The largest absolute Gasteiger partial charge is 0.478 e. The van der Waals surface area contributed by atoms with Crippen molar-refractivity contribution >= 4 is 40.3 Å². The Hall–Kier alpha value is -3.51. The molecule has 0 aromatic heterocycles. The summed E-state index contributed by atoms with van der Waals surface area (Å²) in [6.45, 7) is 1.94. The molecule has 0 saturated carbocycles. The van der Waals surface area contributed by atoms with Gasteiger partial charge in [-0.3, -0.25) is 4.79 Å². The molecule has 2 aromatic carbocycles. The van der Waals surface area contributed by atoms with Crippen LogP contribution in [0.2, 0.25) is 0 Å². The van der Waals surface area contributed by atoms with Crippen molar-refractivity contribution in [3.05, 3.63) is 75.9 Å². The van der Waals surface area contributed by atoms with E-state index in [0.29, 0.717) is 33.7 Å².